The normalized spacial score (nSPS) is 8.54. The third kappa shape index (κ3) is 53.0. The van der Waals surface area contributed by atoms with Gasteiger partial charge in [-0.1, -0.05) is 183 Å². The van der Waals surface area contributed by atoms with Crippen LogP contribution in [0.2, 0.25) is 0 Å². The third-order valence-electron chi connectivity index (χ3n) is 4.77. The van der Waals surface area contributed by atoms with E-state index in [1.165, 1.54) is 34.4 Å². The van der Waals surface area contributed by atoms with Crippen LogP contribution in [-0.2, 0) is 18.9 Å². The molecular formula is C48H78O4. The van der Waals surface area contributed by atoms with Gasteiger partial charge < -0.3 is 18.9 Å². The quantitative estimate of drug-likeness (QED) is 0.121. The first-order chi connectivity index (χ1) is 25.1. The molecule has 0 aliphatic heterocycles. The summed E-state index contributed by atoms with van der Waals surface area (Å²) in [5.74, 6) is 0.833. The average molecular weight is 719 g/mol. The first kappa shape index (κ1) is 57.5. The minimum absolute atomic E-state index is 0.653. The molecule has 52 heavy (non-hydrogen) atoms. The number of hydrogen-bond donors (Lipinski definition) is 0. The monoisotopic (exact) mass is 719 g/mol. The van der Waals surface area contributed by atoms with Crippen LogP contribution in [0.4, 0.5) is 0 Å². The Kier molecular flexibility index (Phi) is 59.7. The van der Waals surface area contributed by atoms with Gasteiger partial charge in [0.1, 0.15) is 0 Å². The largest absolute Gasteiger partial charge is 0.381 e. The van der Waals surface area contributed by atoms with E-state index < -0.39 is 0 Å². The van der Waals surface area contributed by atoms with Gasteiger partial charge in [-0.15, -0.1) is 26.3 Å². The Labute approximate surface area is 322 Å². The van der Waals surface area contributed by atoms with E-state index in [1.54, 1.807) is 38.5 Å². The van der Waals surface area contributed by atoms with Crippen molar-refractivity contribution < 1.29 is 18.9 Å². The molecule has 0 amide bonds. The van der Waals surface area contributed by atoms with Crippen molar-refractivity contribution in [1.29, 1.82) is 0 Å². The van der Waals surface area contributed by atoms with Gasteiger partial charge in [0.05, 0.1) is 26.4 Å². The summed E-state index contributed by atoms with van der Waals surface area (Å²) in [6, 6.07) is 33.4. The minimum atomic E-state index is 0.653. The van der Waals surface area contributed by atoms with Crippen molar-refractivity contribution in [3.63, 3.8) is 0 Å². The van der Waals surface area contributed by atoms with Crippen LogP contribution in [0.3, 0.4) is 0 Å². The molecule has 4 heteroatoms. The zero-order valence-electron chi connectivity index (χ0n) is 35.2. The van der Waals surface area contributed by atoms with Crippen molar-refractivity contribution in [3.05, 3.63) is 148 Å². The Morgan fingerprint density at radius 2 is 0.596 bits per heavy atom. The van der Waals surface area contributed by atoms with Gasteiger partial charge in [0.2, 0.25) is 0 Å². The van der Waals surface area contributed by atoms with Crippen LogP contribution < -0.4 is 0 Å². The van der Waals surface area contributed by atoms with E-state index in [-0.39, 0.29) is 0 Å². The lowest BCUT2D eigenvalue weighted by molar-refractivity contribution is 0.177. The second-order valence-corrected chi connectivity index (χ2v) is 11.2. The molecule has 0 saturated heterocycles. The molecule has 4 aromatic rings. The Balaban J connectivity index is -0.000000165. The summed E-state index contributed by atoms with van der Waals surface area (Å²) < 4.78 is 18.9. The number of ether oxygens (including phenoxy) is 4. The van der Waals surface area contributed by atoms with Crippen LogP contribution in [0, 0.1) is 5.92 Å². The van der Waals surface area contributed by atoms with Crippen molar-refractivity contribution in [2.75, 3.05) is 53.9 Å². The van der Waals surface area contributed by atoms with Crippen molar-refractivity contribution in [3.8, 4) is 0 Å². The summed E-state index contributed by atoms with van der Waals surface area (Å²) >= 11 is 0. The highest BCUT2D eigenvalue weighted by molar-refractivity contribution is 5.82. The van der Waals surface area contributed by atoms with Gasteiger partial charge in [-0.3, -0.25) is 0 Å². The van der Waals surface area contributed by atoms with E-state index in [2.05, 4.69) is 181 Å². The summed E-state index contributed by atoms with van der Waals surface area (Å²) in [6.07, 6.45) is 9.40. The first-order valence-electron chi connectivity index (χ1n) is 18.6. The van der Waals surface area contributed by atoms with Crippen molar-refractivity contribution in [1.82, 2.24) is 0 Å². The number of hydrogen-bond acceptors (Lipinski definition) is 4. The predicted octanol–water partition coefficient (Wildman–Crippen LogP) is 14.2. The second-order valence-electron chi connectivity index (χ2n) is 11.2. The van der Waals surface area contributed by atoms with Gasteiger partial charge in [-0.2, -0.15) is 0 Å². The fourth-order valence-corrected chi connectivity index (χ4v) is 2.90. The van der Waals surface area contributed by atoms with Crippen LogP contribution in [-0.4, -0.2) is 53.9 Å². The summed E-state index contributed by atoms with van der Waals surface area (Å²) in [4.78, 5) is 0. The molecule has 0 radical (unpaired) electrons. The van der Waals surface area contributed by atoms with Crippen molar-refractivity contribution >= 4 is 21.5 Å². The first-order valence-corrected chi connectivity index (χ1v) is 18.6. The fraction of sp³-hybridized carbons (Fsp3) is 0.417. The fourth-order valence-electron chi connectivity index (χ4n) is 2.90. The molecule has 0 aromatic heterocycles. The topological polar surface area (TPSA) is 36.9 Å². The molecule has 0 bridgehead atoms. The Hall–Kier alpha value is -3.80. The van der Waals surface area contributed by atoms with Gasteiger partial charge in [-0.25, -0.2) is 0 Å². The molecule has 0 fully saturated rings. The lowest BCUT2D eigenvalue weighted by Crippen LogP contribution is -1.86. The van der Waals surface area contributed by atoms with Crippen LogP contribution in [0.5, 0.6) is 0 Å². The molecule has 4 rings (SSSR count). The smallest absolute Gasteiger partial charge is 0.0644 e. The zero-order chi connectivity index (χ0) is 40.5. The molecule has 0 aliphatic carbocycles. The standard InChI is InChI=1S/2C10H8.2C5H10O.2C4H8O.C4H10.2C3H8/c2*1-2-6-10-8-4-3-7-9(10)5-1;2*1-3-5-6-4-2;2*1-3-4-5-2;1-4(2)3;2*1-3-2/h2*1-8H;2*3H,1,4-5H2,2H3;2*3H,1,4H2,2H3;4H,1-3H3;2*3H2,1-2H3. The molecule has 4 aromatic carbocycles. The SMILES string of the molecule is C=CCOC.C=CCOC.C=CCOCC.C=CCOCC.CC(C)C.CCC.CCC.c1ccc2ccccc2c1.c1ccc2ccccc2c1. The summed E-state index contributed by atoms with van der Waals surface area (Å²) in [5.41, 5.74) is 0. The van der Waals surface area contributed by atoms with Gasteiger partial charge in [0.15, 0.2) is 0 Å². The third-order valence-corrected chi connectivity index (χ3v) is 4.77. The zero-order valence-corrected chi connectivity index (χ0v) is 35.2. The minimum Gasteiger partial charge on any atom is -0.381 e. The van der Waals surface area contributed by atoms with Crippen LogP contribution in [0.1, 0.15) is 75.2 Å². The predicted molar refractivity (Wildman–Crippen MR) is 238 cm³/mol. The molecule has 294 valence electrons. The maximum atomic E-state index is 4.86. The molecule has 0 heterocycles. The molecule has 0 spiro atoms. The molecule has 0 N–H and O–H groups in total. The Morgan fingerprint density at radius 3 is 0.673 bits per heavy atom. The average Bonchev–Trinajstić information content (AvgIpc) is 3.16. The highest BCUT2D eigenvalue weighted by Gasteiger charge is 1.86. The Morgan fingerprint density at radius 1 is 0.423 bits per heavy atom. The van der Waals surface area contributed by atoms with E-state index in [0.29, 0.717) is 26.4 Å². The van der Waals surface area contributed by atoms with Gasteiger partial charge in [-0.05, 0) is 41.3 Å². The van der Waals surface area contributed by atoms with Crippen LogP contribution in [0.25, 0.3) is 21.5 Å². The molecule has 4 nitrogen and oxygen atoms in total. The Bertz CT molecular complexity index is 1020. The summed E-state index contributed by atoms with van der Waals surface area (Å²) in [5, 5.41) is 5.24. The number of methoxy groups -OCH3 is 2. The molecule has 0 aliphatic rings. The molecule has 0 saturated carbocycles. The highest BCUT2D eigenvalue weighted by atomic mass is 16.5. The molecular weight excluding hydrogens is 641 g/mol. The van der Waals surface area contributed by atoms with Gasteiger partial charge in [0.25, 0.3) is 0 Å². The van der Waals surface area contributed by atoms with Gasteiger partial charge in [0, 0.05) is 27.4 Å². The summed E-state index contributed by atoms with van der Waals surface area (Å²) in [6.45, 7) is 36.9. The van der Waals surface area contributed by atoms with Gasteiger partial charge >= 0.3 is 0 Å². The van der Waals surface area contributed by atoms with E-state index in [0.717, 1.165) is 19.1 Å². The maximum absolute atomic E-state index is 4.86. The molecule has 0 unspecified atom stereocenters. The van der Waals surface area contributed by atoms with Crippen molar-refractivity contribution in [2.45, 2.75) is 75.2 Å². The van der Waals surface area contributed by atoms with E-state index in [1.807, 2.05) is 13.8 Å². The number of rotatable bonds is 10. The lowest BCUT2D eigenvalue weighted by atomic mass is 10.1. The number of benzene rings is 4. The van der Waals surface area contributed by atoms with Crippen LogP contribution >= 0.6 is 0 Å². The lowest BCUT2D eigenvalue weighted by Gasteiger charge is -1.92. The van der Waals surface area contributed by atoms with E-state index in [9.17, 15) is 0 Å². The second kappa shape index (κ2) is 54.0. The highest BCUT2D eigenvalue weighted by Crippen LogP contribution is 2.12. The van der Waals surface area contributed by atoms with E-state index in [4.69, 9.17) is 9.47 Å². The molecule has 0 atom stereocenters. The number of fused-ring (bicyclic) bond motifs is 2. The summed E-state index contributed by atoms with van der Waals surface area (Å²) in [7, 11) is 3.28. The van der Waals surface area contributed by atoms with E-state index >= 15 is 0 Å². The maximum Gasteiger partial charge on any atom is 0.0644 e. The van der Waals surface area contributed by atoms with Crippen molar-refractivity contribution in [2.24, 2.45) is 5.92 Å². The van der Waals surface area contributed by atoms with Crippen LogP contribution in [0.15, 0.2) is 148 Å².